The van der Waals surface area contributed by atoms with Crippen LogP contribution in [0.3, 0.4) is 0 Å². The average molecular weight is 470 g/mol. The van der Waals surface area contributed by atoms with E-state index in [1.165, 1.54) is 30.9 Å². The SMILES string of the molecule is O=C(CCCC1CCN(Cc2ccc(Br)c(Br)c2)CC1)c1ncco1. The number of piperidine rings is 1. The van der Waals surface area contributed by atoms with Crippen molar-refractivity contribution in [2.75, 3.05) is 13.1 Å². The molecule has 0 amide bonds. The van der Waals surface area contributed by atoms with E-state index >= 15 is 0 Å². The normalized spacial score (nSPS) is 16.2. The van der Waals surface area contributed by atoms with Gasteiger partial charge in [-0.05, 0) is 94.2 Å². The molecule has 0 saturated carbocycles. The van der Waals surface area contributed by atoms with Gasteiger partial charge in [0.25, 0.3) is 5.89 Å². The Hall–Kier alpha value is -0.980. The fourth-order valence-electron chi connectivity index (χ4n) is 3.35. The van der Waals surface area contributed by atoms with Crippen LogP contribution in [0.2, 0.25) is 0 Å². The second-order valence-electron chi connectivity index (χ2n) is 6.62. The van der Waals surface area contributed by atoms with Crippen LogP contribution in [-0.2, 0) is 6.54 Å². The number of halogens is 2. The predicted octanol–water partition coefficient (Wildman–Crippen LogP) is 5.46. The lowest BCUT2D eigenvalue weighted by molar-refractivity contribution is 0.0940. The molecule has 1 aromatic heterocycles. The van der Waals surface area contributed by atoms with Crippen LogP contribution in [0.15, 0.2) is 44.0 Å². The number of oxazole rings is 1. The molecule has 0 unspecified atom stereocenters. The number of ketones is 1. The maximum Gasteiger partial charge on any atom is 0.263 e. The molecule has 0 aliphatic carbocycles. The van der Waals surface area contributed by atoms with Crippen LogP contribution in [0, 0.1) is 5.92 Å². The fraction of sp³-hybridized carbons (Fsp3) is 0.474. The van der Waals surface area contributed by atoms with Gasteiger partial charge in [0, 0.05) is 21.9 Å². The largest absolute Gasteiger partial charge is 0.442 e. The summed E-state index contributed by atoms with van der Waals surface area (Å²) in [6.45, 7) is 3.26. The van der Waals surface area contributed by atoms with Gasteiger partial charge in [-0.25, -0.2) is 4.98 Å². The molecule has 1 fully saturated rings. The summed E-state index contributed by atoms with van der Waals surface area (Å²) in [5, 5.41) is 0. The molecule has 0 spiro atoms. The Bertz CT molecular complexity index is 695. The standard InChI is InChI=1S/C19H22Br2N2O2/c20-16-5-4-15(12-17(16)21)13-23-9-6-14(7-10-23)2-1-3-18(24)19-22-8-11-25-19/h4-5,8,11-12,14H,1-3,6-7,9-10,13H2. The summed E-state index contributed by atoms with van der Waals surface area (Å²) in [6.07, 6.45) is 7.97. The fourth-order valence-corrected chi connectivity index (χ4v) is 4.02. The van der Waals surface area contributed by atoms with Gasteiger partial charge < -0.3 is 4.42 Å². The monoisotopic (exact) mass is 468 g/mol. The molecule has 4 nitrogen and oxygen atoms in total. The zero-order valence-corrected chi connectivity index (χ0v) is 17.3. The van der Waals surface area contributed by atoms with Crippen molar-refractivity contribution in [1.82, 2.24) is 9.88 Å². The summed E-state index contributed by atoms with van der Waals surface area (Å²) in [7, 11) is 0. The second kappa shape index (κ2) is 9.10. The van der Waals surface area contributed by atoms with Gasteiger partial charge >= 0.3 is 0 Å². The maximum atomic E-state index is 11.9. The molecule has 134 valence electrons. The van der Waals surface area contributed by atoms with E-state index in [1.807, 2.05) is 0 Å². The van der Waals surface area contributed by atoms with Crippen molar-refractivity contribution in [3.8, 4) is 0 Å². The third-order valence-corrected chi connectivity index (χ3v) is 6.66. The molecule has 1 aromatic carbocycles. The number of likely N-dealkylation sites (tertiary alicyclic amines) is 1. The van der Waals surface area contributed by atoms with Gasteiger partial charge in [-0.15, -0.1) is 0 Å². The van der Waals surface area contributed by atoms with Gasteiger partial charge in [-0.3, -0.25) is 9.69 Å². The smallest absolute Gasteiger partial charge is 0.263 e. The Morgan fingerprint density at radius 3 is 2.72 bits per heavy atom. The summed E-state index contributed by atoms with van der Waals surface area (Å²) >= 11 is 7.09. The van der Waals surface area contributed by atoms with Gasteiger partial charge in [-0.2, -0.15) is 0 Å². The van der Waals surface area contributed by atoms with Crippen molar-refractivity contribution in [2.45, 2.75) is 38.6 Å². The predicted molar refractivity (Wildman–Crippen MR) is 105 cm³/mol. The minimum Gasteiger partial charge on any atom is -0.442 e. The minimum absolute atomic E-state index is 0.0169. The van der Waals surface area contributed by atoms with Crippen LogP contribution in [0.4, 0.5) is 0 Å². The van der Waals surface area contributed by atoms with E-state index in [0.29, 0.717) is 6.42 Å². The lowest BCUT2D eigenvalue weighted by atomic mass is 9.91. The number of carbonyl (C=O) groups is 1. The van der Waals surface area contributed by atoms with Crippen LogP contribution in [0.25, 0.3) is 0 Å². The number of hydrogen-bond donors (Lipinski definition) is 0. The summed E-state index contributed by atoms with van der Waals surface area (Å²) in [5.74, 6) is 0.990. The van der Waals surface area contributed by atoms with Crippen molar-refractivity contribution < 1.29 is 9.21 Å². The highest BCUT2D eigenvalue weighted by Crippen LogP contribution is 2.27. The molecular formula is C19H22Br2N2O2. The van der Waals surface area contributed by atoms with Gasteiger partial charge in [0.15, 0.2) is 0 Å². The van der Waals surface area contributed by atoms with Gasteiger partial charge in [-0.1, -0.05) is 6.07 Å². The first-order valence-electron chi connectivity index (χ1n) is 8.71. The highest BCUT2D eigenvalue weighted by molar-refractivity contribution is 9.13. The molecule has 25 heavy (non-hydrogen) atoms. The van der Waals surface area contributed by atoms with Crippen molar-refractivity contribution in [3.63, 3.8) is 0 Å². The third kappa shape index (κ3) is 5.50. The molecule has 1 saturated heterocycles. The van der Waals surface area contributed by atoms with Gasteiger partial charge in [0.1, 0.15) is 6.26 Å². The lowest BCUT2D eigenvalue weighted by Gasteiger charge is -2.32. The van der Waals surface area contributed by atoms with Crippen molar-refractivity contribution >= 4 is 37.6 Å². The Morgan fingerprint density at radius 2 is 2.04 bits per heavy atom. The van der Waals surface area contributed by atoms with E-state index in [2.05, 4.69) is 59.9 Å². The molecule has 0 bridgehead atoms. The molecule has 0 radical (unpaired) electrons. The highest BCUT2D eigenvalue weighted by Gasteiger charge is 2.20. The third-order valence-electron chi connectivity index (χ3n) is 4.78. The lowest BCUT2D eigenvalue weighted by Crippen LogP contribution is -2.33. The first-order chi connectivity index (χ1) is 12.1. The molecule has 1 aliphatic heterocycles. The summed E-state index contributed by atoms with van der Waals surface area (Å²) in [5.41, 5.74) is 1.34. The molecule has 0 atom stereocenters. The van der Waals surface area contributed by atoms with E-state index in [1.54, 1.807) is 0 Å². The molecule has 2 aromatic rings. The summed E-state index contributed by atoms with van der Waals surface area (Å²) in [4.78, 5) is 18.3. The van der Waals surface area contributed by atoms with Crippen LogP contribution in [0.1, 0.15) is 48.4 Å². The first kappa shape index (κ1) is 18.8. The molecule has 1 aliphatic rings. The minimum atomic E-state index is 0.0169. The number of Topliss-reactive ketones (excluding diaryl/α,β-unsaturated/α-hetero) is 1. The van der Waals surface area contributed by atoms with Gasteiger partial charge in [0.05, 0.1) is 6.20 Å². The van der Waals surface area contributed by atoms with Crippen molar-refractivity contribution in [1.29, 1.82) is 0 Å². The molecule has 0 N–H and O–H groups in total. The number of carbonyl (C=O) groups excluding carboxylic acids is 1. The number of benzene rings is 1. The van der Waals surface area contributed by atoms with Crippen LogP contribution in [0.5, 0.6) is 0 Å². The zero-order chi connectivity index (χ0) is 17.6. The maximum absolute atomic E-state index is 11.9. The number of nitrogens with zero attached hydrogens (tertiary/aromatic N) is 2. The Labute approximate surface area is 165 Å². The van der Waals surface area contributed by atoms with E-state index in [-0.39, 0.29) is 11.7 Å². The van der Waals surface area contributed by atoms with Crippen molar-refractivity contribution in [2.24, 2.45) is 5.92 Å². The number of aromatic nitrogens is 1. The first-order valence-corrected chi connectivity index (χ1v) is 10.3. The van der Waals surface area contributed by atoms with E-state index in [4.69, 9.17) is 4.42 Å². The summed E-state index contributed by atoms with van der Waals surface area (Å²) < 4.78 is 7.25. The summed E-state index contributed by atoms with van der Waals surface area (Å²) in [6, 6.07) is 6.46. The number of rotatable bonds is 7. The molecule has 2 heterocycles. The van der Waals surface area contributed by atoms with E-state index < -0.39 is 0 Å². The van der Waals surface area contributed by atoms with Crippen molar-refractivity contribution in [3.05, 3.63) is 51.1 Å². The zero-order valence-electron chi connectivity index (χ0n) is 14.1. The molecule has 6 heteroatoms. The second-order valence-corrected chi connectivity index (χ2v) is 8.33. The van der Waals surface area contributed by atoms with E-state index in [0.717, 1.165) is 47.3 Å². The van der Waals surface area contributed by atoms with Crippen LogP contribution >= 0.6 is 31.9 Å². The average Bonchev–Trinajstić information content (AvgIpc) is 3.14. The Balaban J connectivity index is 1.37. The Kier molecular flexibility index (Phi) is 6.84. The van der Waals surface area contributed by atoms with Crippen LogP contribution < -0.4 is 0 Å². The highest BCUT2D eigenvalue weighted by atomic mass is 79.9. The molecule has 3 rings (SSSR count). The molecular weight excluding hydrogens is 448 g/mol. The topological polar surface area (TPSA) is 46.3 Å². The number of hydrogen-bond acceptors (Lipinski definition) is 4. The Morgan fingerprint density at radius 1 is 1.24 bits per heavy atom. The van der Waals surface area contributed by atoms with Crippen LogP contribution in [-0.4, -0.2) is 28.8 Å². The van der Waals surface area contributed by atoms with Gasteiger partial charge in [0.2, 0.25) is 5.78 Å². The van der Waals surface area contributed by atoms with E-state index in [9.17, 15) is 4.79 Å². The quantitative estimate of drug-likeness (QED) is 0.504.